The van der Waals surface area contributed by atoms with E-state index >= 15 is 0 Å². The van der Waals surface area contributed by atoms with Crippen LogP contribution in [0.1, 0.15) is 38.2 Å². The lowest BCUT2D eigenvalue weighted by Gasteiger charge is -2.26. The largest absolute Gasteiger partial charge is 0.378 e. The summed E-state index contributed by atoms with van der Waals surface area (Å²) in [6.45, 7) is 4.27. The fourth-order valence-corrected chi connectivity index (χ4v) is 2.78. The quantitative estimate of drug-likeness (QED) is 0.776. The smallest absolute Gasteiger partial charge is 0.222 e. The summed E-state index contributed by atoms with van der Waals surface area (Å²) in [5.74, 6) is 0.231. The Hall–Kier alpha value is -1.55. The van der Waals surface area contributed by atoms with Gasteiger partial charge in [0.2, 0.25) is 5.91 Å². The van der Waals surface area contributed by atoms with E-state index in [9.17, 15) is 4.79 Å². The van der Waals surface area contributed by atoms with Crippen molar-refractivity contribution in [2.45, 2.75) is 45.3 Å². The number of benzene rings is 1. The zero-order valence-electron chi connectivity index (χ0n) is 14.0. The zero-order chi connectivity index (χ0) is 15.9. The lowest BCUT2D eigenvalue weighted by molar-refractivity contribution is -0.133. The van der Waals surface area contributed by atoms with Crippen molar-refractivity contribution in [1.29, 1.82) is 0 Å². The van der Waals surface area contributed by atoms with E-state index in [2.05, 4.69) is 29.2 Å². The van der Waals surface area contributed by atoms with Crippen molar-refractivity contribution >= 4 is 11.6 Å². The molecule has 1 aliphatic heterocycles. The number of ether oxygens (including phenoxy) is 1. The Bertz CT molecular complexity index is 464. The predicted octanol–water partition coefficient (Wildman–Crippen LogP) is 3.06. The van der Waals surface area contributed by atoms with Crippen LogP contribution >= 0.6 is 0 Å². The van der Waals surface area contributed by atoms with Crippen LogP contribution in [0.2, 0.25) is 0 Å². The average molecular weight is 304 g/mol. The molecule has 122 valence electrons. The third-order valence-electron chi connectivity index (χ3n) is 4.09. The molecule has 1 saturated heterocycles. The van der Waals surface area contributed by atoms with Gasteiger partial charge in [0.05, 0.1) is 6.10 Å². The highest BCUT2D eigenvalue weighted by Gasteiger charge is 2.22. The van der Waals surface area contributed by atoms with E-state index in [1.54, 1.807) is 0 Å². The van der Waals surface area contributed by atoms with Crippen LogP contribution in [-0.4, -0.2) is 44.2 Å². The molecule has 0 saturated carbocycles. The summed E-state index contributed by atoms with van der Waals surface area (Å²) in [7, 11) is 4.06. The van der Waals surface area contributed by atoms with Crippen molar-refractivity contribution in [3.8, 4) is 0 Å². The van der Waals surface area contributed by atoms with Crippen LogP contribution in [0.25, 0.3) is 0 Å². The minimum Gasteiger partial charge on any atom is -0.378 e. The highest BCUT2D eigenvalue weighted by molar-refractivity contribution is 5.76. The Labute approximate surface area is 134 Å². The fourth-order valence-electron chi connectivity index (χ4n) is 2.78. The van der Waals surface area contributed by atoms with E-state index in [4.69, 9.17) is 4.74 Å². The summed E-state index contributed by atoms with van der Waals surface area (Å²) < 4.78 is 5.70. The minimum absolute atomic E-state index is 0.210. The van der Waals surface area contributed by atoms with Crippen LogP contribution in [0, 0.1) is 0 Å². The first-order valence-corrected chi connectivity index (χ1v) is 8.25. The molecule has 1 heterocycles. The molecule has 0 radical (unpaired) electrons. The molecule has 1 aromatic carbocycles. The predicted molar refractivity (Wildman–Crippen MR) is 90.1 cm³/mol. The van der Waals surface area contributed by atoms with Crippen molar-refractivity contribution < 1.29 is 9.53 Å². The van der Waals surface area contributed by atoms with Crippen LogP contribution in [0.15, 0.2) is 24.3 Å². The van der Waals surface area contributed by atoms with Crippen LogP contribution in [0.5, 0.6) is 0 Å². The number of carbonyl (C=O) groups excluding carboxylic acids is 1. The maximum absolute atomic E-state index is 12.4. The second kappa shape index (κ2) is 8.18. The standard InChI is InChI=1S/C18H28N2O2/c1-4-6-18(21)20(14-17-7-5-12-22-17)13-15-8-10-16(11-9-15)19(2)3/h8-11,17H,4-7,12-14H2,1-3H3. The zero-order valence-corrected chi connectivity index (χ0v) is 14.0. The third kappa shape index (κ3) is 4.73. The molecule has 2 rings (SSSR count). The van der Waals surface area contributed by atoms with Gasteiger partial charge < -0.3 is 14.5 Å². The normalized spacial score (nSPS) is 17.5. The van der Waals surface area contributed by atoms with E-state index in [1.807, 2.05) is 25.9 Å². The molecule has 1 aliphatic rings. The fraction of sp³-hybridized carbons (Fsp3) is 0.611. The van der Waals surface area contributed by atoms with Crippen LogP contribution in [0.4, 0.5) is 5.69 Å². The summed E-state index contributed by atoms with van der Waals surface area (Å²) in [5, 5.41) is 0. The second-order valence-electron chi connectivity index (χ2n) is 6.22. The Kier molecular flexibility index (Phi) is 6.25. The Morgan fingerprint density at radius 1 is 1.27 bits per heavy atom. The number of hydrogen-bond donors (Lipinski definition) is 0. The van der Waals surface area contributed by atoms with Gasteiger partial charge in [-0.05, 0) is 37.0 Å². The SMILES string of the molecule is CCCC(=O)N(Cc1ccc(N(C)C)cc1)CC1CCCO1. The first-order valence-electron chi connectivity index (χ1n) is 8.25. The molecule has 4 heteroatoms. The van der Waals surface area contributed by atoms with Crippen LogP contribution in [0.3, 0.4) is 0 Å². The number of amides is 1. The van der Waals surface area contributed by atoms with Gasteiger partial charge >= 0.3 is 0 Å². The van der Waals surface area contributed by atoms with Crippen molar-refractivity contribution in [2.24, 2.45) is 0 Å². The highest BCUT2D eigenvalue weighted by atomic mass is 16.5. The summed E-state index contributed by atoms with van der Waals surface area (Å²) in [4.78, 5) is 16.4. The van der Waals surface area contributed by atoms with E-state index in [1.165, 1.54) is 11.3 Å². The van der Waals surface area contributed by atoms with Gasteiger partial charge in [-0.3, -0.25) is 4.79 Å². The average Bonchev–Trinajstić information content (AvgIpc) is 3.00. The number of rotatable bonds is 7. The molecule has 0 aliphatic carbocycles. The van der Waals surface area contributed by atoms with E-state index in [0.717, 1.165) is 25.9 Å². The molecule has 0 N–H and O–H groups in total. The van der Waals surface area contributed by atoms with Crippen molar-refractivity contribution in [2.75, 3.05) is 32.1 Å². The van der Waals surface area contributed by atoms with Crippen LogP contribution in [-0.2, 0) is 16.1 Å². The van der Waals surface area contributed by atoms with E-state index in [-0.39, 0.29) is 12.0 Å². The number of nitrogens with zero attached hydrogens (tertiary/aromatic N) is 2. The van der Waals surface area contributed by atoms with Crippen molar-refractivity contribution in [3.63, 3.8) is 0 Å². The Morgan fingerprint density at radius 2 is 2.00 bits per heavy atom. The second-order valence-corrected chi connectivity index (χ2v) is 6.22. The monoisotopic (exact) mass is 304 g/mol. The van der Waals surface area contributed by atoms with Gasteiger partial charge in [-0.25, -0.2) is 0 Å². The minimum atomic E-state index is 0.210. The molecule has 1 fully saturated rings. The molecule has 0 bridgehead atoms. The van der Waals surface area contributed by atoms with Gasteiger partial charge in [0, 0.05) is 45.9 Å². The lowest BCUT2D eigenvalue weighted by atomic mass is 10.1. The lowest BCUT2D eigenvalue weighted by Crippen LogP contribution is -2.36. The summed E-state index contributed by atoms with van der Waals surface area (Å²) >= 11 is 0. The first kappa shape index (κ1) is 16.8. The summed E-state index contributed by atoms with van der Waals surface area (Å²) in [6, 6.07) is 8.42. The van der Waals surface area contributed by atoms with Gasteiger partial charge in [-0.2, -0.15) is 0 Å². The number of hydrogen-bond acceptors (Lipinski definition) is 3. The maximum Gasteiger partial charge on any atom is 0.222 e. The van der Waals surface area contributed by atoms with Crippen molar-refractivity contribution in [1.82, 2.24) is 4.90 Å². The number of carbonyl (C=O) groups is 1. The third-order valence-corrected chi connectivity index (χ3v) is 4.09. The molecule has 1 amide bonds. The van der Waals surface area contributed by atoms with E-state index < -0.39 is 0 Å². The molecule has 1 atom stereocenters. The Balaban J connectivity index is 2.02. The molecule has 22 heavy (non-hydrogen) atoms. The van der Waals surface area contributed by atoms with Gasteiger partial charge in [0.15, 0.2) is 0 Å². The van der Waals surface area contributed by atoms with Crippen LogP contribution < -0.4 is 4.90 Å². The van der Waals surface area contributed by atoms with Gasteiger partial charge in [-0.15, -0.1) is 0 Å². The summed E-state index contributed by atoms with van der Waals surface area (Å²) in [5.41, 5.74) is 2.35. The number of anilines is 1. The summed E-state index contributed by atoms with van der Waals surface area (Å²) in [6.07, 6.45) is 3.89. The van der Waals surface area contributed by atoms with Crippen molar-refractivity contribution in [3.05, 3.63) is 29.8 Å². The molecule has 1 aromatic rings. The first-order chi connectivity index (χ1) is 10.6. The van der Waals surface area contributed by atoms with Gasteiger partial charge in [0.1, 0.15) is 0 Å². The Morgan fingerprint density at radius 3 is 2.55 bits per heavy atom. The van der Waals surface area contributed by atoms with Gasteiger partial charge in [-0.1, -0.05) is 19.1 Å². The van der Waals surface area contributed by atoms with E-state index in [0.29, 0.717) is 19.5 Å². The highest BCUT2D eigenvalue weighted by Crippen LogP contribution is 2.18. The molecular formula is C18H28N2O2. The molecule has 1 unspecified atom stereocenters. The van der Waals surface area contributed by atoms with Gasteiger partial charge in [0.25, 0.3) is 0 Å². The molecule has 4 nitrogen and oxygen atoms in total. The molecule has 0 spiro atoms. The topological polar surface area (TPSA) is 32.8 Å². The maximum atomic E-state index is 12.4. The molecular weight excluding hydrogens is 276 g/mol. The molecule has 0 aromatic heterocycles.